The number of carbonyl (C=O) groups is 1. The molecule has 0 aromatic rings. The quantitative estimate of drug-likeness (QED) is 0.503. The Kier molecular flexibility index (Phi) is 1.64. The minimum atomic E-state index is -0.0185. The van der Waals surface area contributed by atoms with Crippen molar-refractivity contribution in [1.82, 2.24) is 0 Å². The fourth-order valence-electron chi connectivity index (χ4n) is 2.83. The Labute approximate surface area is 73.8 Å². The van der Waals surface area contributed by atoms with E-state index in [-0.39, 0.29) is 5.41 Å². The van der Waals surface area contributed by atoms with Gasteiger partial charge >= 0.3 is 0 Å². The molecule has 66 valence electrons. The maximum atomic E-state index is 11.7. The first-order valence-electron chi connectivity index (χ1n) is 4.85. The first kappa shape index (κ1) is 8.03. The molecule has 0 radical (unpaired) electrons. The number of ketones is 1. The molecule has 2 rings (SSSR count). The maximum absolute atomic E-state index is 11.7. The molecule has 1 nitrogen and oxygen atoms in total. The molecule has 0 spiro atoms. The van der Waals surface area contributed by atoms with Gasteiger partial charge in [0.05, 0.1) is 0 Å². The van der Waals surface area contributed by atoms with Crippen molar-refractivity contribution in [3.8, 4) is 0 Å². The summed E-state index contributed by atoms with van der Waals surface area (Å²) in [6.07, 6.45) is 5.21. The average Bonchev–Trinajstić information content (AvgIpc) is 2.33. The molecule has 0 unspecified atom stereocenters. The van der Waals surface area contributed by atoms with E-state index in [1.165, 1.54) is 12.0 Å². The second-order valence-corrected chi connectivity index (χ2v) is 4.44. The predicted molar refractivity (Wildman–Crippen MR) is 48.8 cm³/mol. The van der Waals surface area contributed by atoms with Crippen molar-refractivity contribution >= 4 is 5.78 Å². The van der Waals surface area contributed by atoms with Crippen LogP contribution in [0.1, 0.15) is 39.0 Å². The number of hydrogen-bond acceptors (Lipinski definition) is 1. The Hall–Kier alpha value is -0.590. The van der Waals surface area contributed by atoms with Crippen LogP contribution in [-0.2, 0) is 4.79 Å². The van der Waals surface area contributed by atoms with Gasteiger partial charge in [-0.1, -0.05) is 19.1 Å². The highest BCUT2D eigenvalue weighted by atomic mass is 16.1. The molecule has 0 aromatic carbocycles. The molecule has 2 atom stereocenters. The topological polar surface area (TPSA) is 17.1 Å². The molecule has 2 aliphatic rings. The molecule has 0 aliphatic heterocycles. The van der Waals surface area contributed by atoms with E-state index in [9.17, 15) is 4.79 Å². The van der Waals surface area contributed by atoms with Crippen molar-refractivity contribution in [3.63, 3.8) is 0 Å². The van der Waals surface area contributed by atoms with Crippen LogP contribution in [0.3, 0.4) is 0 Å². The van der Waals surface area contributed by atoms with Crippen LogP contribution in [0.15, 0.2) is 12.2 Å². The number of carbonyl (C=O) groups excluding carboxylic acids is 1. The second-order valence-electron chi connectivity index (χ2n) is 4.44. The summed E-state index contributed by atoms with van der Waals surface area (Å²) < 4.78 is 0. The van der Waals surface area contributed by atoms with E-state index in [1.54, 1.807) is 0 Å². The molecular formula is C11H16O. The molecular weight excluding hydrogens is 148 g/mol. The van der Waals surface area contributed by atoms with Gasteiger partial charge in [0.2, 0.25) is 0 Å². The summed E-state index contributed by atoms with van der Waals surface area (Å²) >= 11 is 0. The summed E-state index contributed by atoms with van der Waals surface area (Å²) in [5.74, 6) is 0.996. The summed E-state index contributed by atoms with van der Waals surface area (Å²) in [5.41, 5.74) is 1.31. The lowest BCUT2D eigenvalue weighted by molar-refractivity contribution is -0.131. The van der Waals surface area contributed by atoms with Gasteiger partial charge in [-0.05, 0) is 31.6 Å². The third kappa shape index (κ3) is 0.886. The third-order valence-electron chi connectivity index (χ3n) is 3.76. The Balaban J connectivity index is 2.32. The van der Waals surface area contributed by atoms with Crippen LogP contribution in [0.25, 0.3) is 0 Å². The lowest BCUT2D eigenvalue weighted by Gasteiger charge is -2.34. The molecule has 2 aliphatic carbocycles. The van der Waals surface area contributed by atoms with Crippen LogP contribution in [0.5, 0.6) is 0 Å². The largest absolute Gasteiger partial charge is 0.299 e. The molecule has 2 saturated carbocycles. The molecule has 0 amide bonds. The lowest BCUT2D eigenvalue weighted by Crippen LogP contribution is -2.35. The zero-order valence-corrected chi connectivity index (χ0v) is 7.73. The van der Waals surface area contributed by atoms with Crippen molar-refractivity contribution in [2.24, 2.45) is 11.3 Å². The fourth-order valence-corrected chi connectivity index (χ4v) is 2.83. The lowest BCUT2D eigenvalue weighted by atomic mass is 9.68. The Bertz CT molecular complexity index is 241. The van der Waals surface area contributed by atoms with Gasteiger partial charge < -0.3 is 0 Å². The molecule has 2 fully saturated rings. The van der Waals surface area contributed by atoms with Gasteiger partial charge in [0, 0.05) is 11.8 Å². The summed E-state index contributed by atoms with van der Waals surface area (Å²) in [6, 6.07) is 0. The minimum Gasteiger partial charge on any atom is -0.299 e. The van der Waals surface area contributed by atoms with Gasteiger partial charge in [-0.3, -0.25) is 4.79 Å². The van der Waals surface area contributed by atoms with E-state index in [4.69, 9.17) is 0 Å². The van der Waals surface area contributed by atoms with Gasteiger partial charge in [0.25, 0.3) is 0 Å². The van der Waals surface area contributed by atoms with Crippen LogP contribution in [0.4, 0.5) is 0 Å². The van der Waals surface area contributed by atoms with Gasteiger partial charge in [-0.15, -0.1) is 0 Å². The van der Waals surface area contributed by atoms with Gasteiger partial charge in [0.1, 0.15) is 5.78 Å². The molecule has 0 heterocycles. The molecule has 0 bridgehead atoms. The maximum Gasteiger partial charge on any atom is 0.139 e. The summed E-state index contributed by atoms with van der Waals surface area (Å²) in [5, 5.41) is 0. The number of allylic oxidation sites excluding steroid dienone is 1. The Morgan fingerprint density at radius 2 is 2.25 bits per heavy atom. The van der Waals surface area contributed by atoms with Crippen LogP contribution < -0.4 is 0 Å². The summed E-state index contributed by atoms with van der Waals surface area (Å²) in [4.78, 5) is 11.7. The van der Waals surface area contributed by atoms with E-state index in [2.05, 4.69) is 13.5 Å². The van der Waals surface area contributed by atoms with E-state index in [1.807, 2.05) is 0 Å². The van der Waals surface area contributed by atoms with Crippen LogP contribution in [-0.4, -0.2) is 5.78 Å². The predicted octanol–water partition coefficient (Wildman–Crippen LogP) is 2.71. The second kappa shape index (κ2) is 2.45. The highest BCUT2D eigenvalue weighted by Gasteiger charge is 2.47. The van der Waals surface area contributed by atoms with Crippen LogP contribution in [0, 0.1) is 11.3 Å². The number of hydrogen-bond donors (Lipinski definition) is 0. The van der Waals surface area contributed by atoms with Crippen LogP contribution >= 0.6 is 0 Å². The summed E-state index contributed by atoms with van der Waals surface area (Å²) in [7, 11) is 0. The van der Waals surface area contributed by atoms with Crippen LogP contribution in [0.2, 0.25) is 0 Å². The Morgan fingerprint density at radius 3 is 2.92 bits per heavy atom. The highest BCUT2D eigenvalue weighted by molar-refractivity contribution is 5.86. The Morgan fingerprint density at radius 1 is 1.50 bits per heavy atom. The zero-order valence-electron chi connectivity index (χ0n) is 7.73. The van der Waals surface area contributed by atoms with Crippen molar-refractivity contribution in [2.75, 3.05) is 0 Å². The highest BCUT2D eigenvalue weighted by Crippen LogP contribution is 2.51. The normalized spacial score (nSPS) is 41.6. The summed E-state index contributed by atoms with van der Waals surface area (Å²) in [6.45, 7) is 6.20. The average molecular weight is 164 g/mol. The van der Waals surface area contributed by atoms with E-state index >= 15 is 0 Å². The van der Waals surface area contributed by atoms with Crippen molar-refractivity contribution in [3.05, 3.63) is 12.2 Å². The molecule has 0 N–H and O–H groups in total. The molecule has 12 heavy (non-hydrogen) atoms. The van der Waals surface area contributed by atoms with Crippen molar-refractivity contribution < 1.29 is 4.79 Å². The molecule has 0 aromatic heterocycles. The van der Waals surface area contributed by atoms with Gasteiger partial charge in [-0.2, -0.15) is 0 Å². The van der Waals surface area contributed by atoms with E-state index in [0.717, 1.165) is 25.7 Å². The zero-order chi connectivity index (χ0) is 8.77. The standard InChI is InChI=1S/C11H16O/c1-8-6-7-11(2)9(8)4-3-5-10(11)12/h9H,1,3-7H2,2H3/t9-,11+/m1/s1. The number of rotatable bonds is 0. The third-order valence-corrected chi connectivity index (χ3v) is 3.76. The number of Topliss-reactive ketones (excluding diaryl/α,β-unsaturated/α-hetero) is 1. The monoisotopic (exact) mass is 164 g/mol. The minimum absolute atomic E-state index is 0.0185. The fraction of sp³-hybridized carbons (Fsp3) is 0.727. The van der Waals surface area contributed by atoms with Gasteiger partial charge in [-0.25, -0.2) is 0 Å². The first-order chi connectivity index (χ1) is 5.64. The van der Waals surface area contributed by atoms with Gasteiger partial charge in [0.15, 0.2) is 0 Å². The number of fused-ring (bicyclic) bond motifs is 1. The van der Waals surface area contributed by atoms with Crippen molar-refractivity contribution in [2.45, 2.75) is 39.0 Å². The molecule has 1 heteroatoms. The van der Waals surface area contributed by atoms with E-state index in [0.29, 0.717) is 11.7 Å². The molecule has 0 saturated heterocycles. The first-order valence-corrected chi connectivity index (χ1v) is 4.85. The van der Waals surface area contributed by atoms with Crippen molar-refractivity contribution in [1.29, 1.82) is 0 Å². The van der Waals surface area contributed by atoms with E-state index < -0.39 is 0 Å². The SMILES string of the molecule is C=C1CC[C@]2(C)C(=O)CCC[C@H]12. The smallest absolute Gasteiger partial charge is 0.139 e.